The van der Waals surface area contributed by atoms with E-state index in [-0.39, 0.29) is 6.10 Å². The van der Waals surface area contributed by atoms with Crippen LogP contribution in [0, 0.1) is 0 Å². The van der Waals surface area contributed by atoms with Crippen LogP contribution in [0.4, 0.5) is 0 Å². The molecule has 3 unspecified atom stereocenters. The number of rotatable bonds is 6. The molecule has 1 aliphatic carbocycles. The first-order chi connectivity index (χ1) is 9.26. The van der Waals surface area contributed by atoms with Crippen molar-refractivity contribution < 1.29 is 9.47 Å². The van der Waals surface area contributed by atoms with Gasteiger partial charge in [-0.2, -0.15) is 0 Å². The molecule has 106 valence electrons. The Morgan fingerprint density at radius 3 is 2.63 bits per heavy atom. The smallest absolute Gasteiger partial charge is 0.0928 e. The zero-order valence-electron chi connectivity index (χ0n) is 12.2. The van der Waals surface area contributed by atoms with Gasteiger partial charge in [-0.3, -0.25) is 0 Å². The van der Waals surface area contributed by atoms with Crippen LogP contribution in [0.15, 0.2) is 24.3 Å². The van der Waals surface area contributed by atoms with Crippen LogP contribution in [0.5, 0.6) is 0 Å². The van der Waals surface area contributed by atoms with Gasteiger partial charge in [0.2, 0.25) is 0 Å². The van der Waals surface area contributed by atoms with Crippen molar-refractivity contribution in [2.24, 2.45) is 0 Å². The average molecular weight is 263 g/mol. The van der Waals surface area contributed by atoms with Crippen LogP contribution >= 0.6 is 0 Å². The molecule has 0 spiro atoms. The Hall–Kier alpha value is -0.900. The van der Waals surface area contributed by atoms with Gasteiger partial charge >= 0.3 is 0 Å². The number of benzene rings is 1. The summed E-state index contributed by atoms with van der Waals surface area (Å²) in [5.74, 6) is 0.673. The molecule has 1 N–H and O–H groups in total. The van der Waals surface area contributed by atoms with Crippen LogP contribution < -0.4 is 5.32 Å². The summed E-state index contributed by atoms with van der Waals surface area (Å²) in [5, 5.41) is 3.63. The molecule has 0 saturated heterocycles. The predicted octanol–water partition coefficient (Wildman–Crippen LogP) is 2.88. The second-order valence-corrected chi connectivity index (χ2v) is 5.38. The number of hydrogen-bond acceptors (Lipinski definition) is 3. The molecule has 0 fully saturated rings. The maximum atomic E-state index is 5.40. The fourth-order valence-corrected chi connectivity index (χ4v) is 2.89. The minimum Gasteiger partial charge on any atom is -0.382 e. The van der Waals surface area contributed by atoms with E-state index < -0.39 is 0 Å². The van der Waals surface area contributed by atoms with Gasteiger partial charge in [-0.1, -0.05) is 31.2 Å². The van der Waals surface area contributed by atoms with Gasteiger partial charge in [-0.05, 0) is 29.9 Å². The van der Waals surface area contributed by atoms with Gasteiger partial charge in [0.1, 0.15) is 0 Å². The fourth-order valence-electron chi connectivity index (χ4n) is 2.89. The second kappa shape index (κ2) is 7.04. The maximum Gasteiger partial charge on any atom is 0.0928 e. The third kappa shape index (κ3) is 3.56. The van der Waals surface area contributed by atoms with Gasteiger partial charge in [0.15, 0.2) is 0 Å². The molecule has 19 heavy (non-hydrogen) atoms. The number of fused-ring (bicyclic) bond motifs is 1. The first-order valence-corrected chi connectivity index (χ1v) is 7.10. The summed E-state index contributed by atoms with van der Waals surface area (Å²) in [6.07, 6.45) is 2.56. The van der Waals surface area contributed by atoms with Crippen LogP contribution in [0.2, 0.25) is 0 Å². The average Bonchev–Trinajstić information content (AvgIpc) is 2.45. The molecule has 0 radical (unpaired) electrons. The van der Waals surface area contributed by atoms with Crippen LogP contribution in [0.1, 0.15) is 42.9 Å². The van der Waals surface area contributed by atoms with Crippen molar-refractivity contribution in [3.8, 4) is 0 Å². The van der Waals surface area contributed by atoms with Crippen LogP contribution in [-0.2, 0) is 9.47 Å². The summed E-state index contributed by atoms with van der Waals surface area (Å²) < 4.78 is 10.6. The SMILES string of the molecule is COCC(CNC1CCC(C)c2ccccc21)OC. The monoisotopic (exact) mass is 263 g/mol. The third-order valence-electron chi connectivity index (χ3n) is 4.07. The Balaban J connectivity index is 2.00. The van der Waals surface area contributed by atoms with E-state index in [1.54, 1.807) is 14.2 Å². The first kappa shape index (κ1) is 14.5. The molecule has 0 saturated carbocycles. The van der Waals surface area contributed by atoms with Gasteiger partial charge in [0, 0.05) is 26.8 Å². The van der Waals surface area contributed by atoms with Gasteiger partial charge < -0.3 is 14.8 Å². The van der Waals surface area contributed by atoms with Crippen molar-refractivity contribution in [2.75, 3.05) is 27.4 Å². The highest BCUT2D eigenvalue weighted by Crippen LogP contribution is 2.36. The van der Waals surface area contributed by atoms with E-state index in [1.807, 2.05) is 0 Å². The summed E-state index contributed by atoms with van der Waals surface area (Å²) in [7, 11) is 3.45. The molecule has 2 rings (SSSR count). The lowest BCUT2D eigenvalue weighted by molar-refractivity contribution is 0.0269. The Bertz CT molecular complexity index is 394. The topological polar surface area (TPSA) is 30.5 Å². The molecule has 3 heteroatoms. The minimum absolute atomic E-state index is 0.122. The molecule has 0 heterocycles. The molecule has 0 bridgehead atoms. The molecular weight excluding hydrogens is 238 g/mol. The highest BCUT2D eigenvalue weighted by molar-refractivity contribution is 5.34. The van der Waals surface area contributed by atoms with E-state index in [4.69, 9.17) is 9.47 Å². The summed E-state index contributed by atoms with van der Waals surface area (Å²) in [4.78, 5) is 0. The van der Waals surface area contributed by atoms with E-state index in [0.717, 1.165) is 6.54 Å². The van der Waals surface area contributed by atoms with Crippen LogP contribution in [0.3, 0.4) is 0 Å². The molecular formula is C16H25NO2. The lowest BCUT2D eigenvalue weighted by atomic mass is 9.81. The molecule has 1 aromatic rings. The molecule has 1 aliphatic rings. The lowest BCUT2D eigenvalue weighted by Gasteiger charge is -2.31. The molecule has 0 aromatic heterocycles. The Morgan fingerprint density at radius 2 is 1.95 bits per heavy atom. The summed E-state index contributed by atoms with van der Waals surface area (Å²) in [6.45, 7) is 3.78. The Labute approximate surface area is 116 Å². The quantitative estimate of drug-likeness (QED) is 0.856. The van der Waals surface area contributed by atoms with Crippen LogP contribution in [-0.4, -0.2) is 33.5 Å². The van der Waals surface area contributed by atoms with E-state index in [9.17, 15) is 0 Å². The number of methoxy groups -OCH3 is 2. The van der Waals surface area contributed by atoms with Gasteiger partial charge in [0.25, 0.3) is 0 Å². The zero-order valence-corrected chi connectivity index (χ0v) is 12.2. The van der Waals surface area contributed by atoms with Crippen molar-refractivity contribution in [1.29, 1.82) is 0 Å². The fraction of sp³-hybridized carbons (Fsp3) is 0.625. The van der Waals surface area contributed by atoms with Crippen molar-refractivity contribution in [2.45, 2.75) is 37.8 Å². The van der Waals surface area contributed by atoms with Crippen LogP contribution in [0.25, 0.3) is 0 Å². The maximum absolute atomic E-state index is 5.40. The van der Waals surface area contributed by atoms with Crippen molar-refractivity contribution in [3.63, 3.8) is 0 Å². The van der Waals surface area contributed by atoms with Crippen molar-refractivity contribution >= 4 is 0 Å². The number of ether oxygens (including phenoxy) is 2. The molecule has 0 amide bonds. The van der Waals surface area contributed by atoms with E-state index >= 15 is 0 Å². The Morgan fingerprint density at radius 1 is 1.21 bits per heavy atom. The second-order valence-electron chi connectivity index (χ2n) is 5.38. The molecule has 3 nitrogen and oxygen atoms in total. The third-order valence-corrected chi connectivity index (χ3v) is 4.07. The highest BCUT2D eigenvalue weighted by Gasteiger charge is 2.24. The first-order valence-electron chi connectivity index (χ1n) is 7.10. The van der Waals surface area contributed by atoms with E-state index in [1.165, 1.54) is 24.0 Å². The van der Waals surface area contributed by atoms with Gasteiger partial charge in [-0.15, -0.1) is 0 Å². The molecule has 3 atom stereocenters. The number of nitrogens with one attached hydrogen (secondary N) is 1. The lowest BCUT2D eigenvalue weighted by Crippen LogP contribution is -2.35. The minimum atomic E-state index is 0.122. The van der Waals surface area contributed by atoms with Crippen molar-refractivity contribution in [1.82, 2.24) is 5.32 Å². The van der Waals surface area contributed by atoms with Gasteiger partial charge in [0.05, 0.1) is 12.7 Å². The summed E-state index contributed by atoms with van der Waals surface area (Å²) >= 11 is 0. The molecule has 1 aromatic carbocycles. The summed E-state index contributed by atoms with van der Waals surface area (Å²) in [5.41, 5.74) is 2.94. The highest BCUT2D eigenvalue weighted by atomic mass is 16.5. The standard InChI is InChI=1S/C16H25NO2/c1-12-8-9-16(15-7-5-4-6-14(12)15)17-10-13(19-3)11-18-2/h4-7,12-13,16-17H,8-11H2,1-3H3. The van der Waals surface area contributed by atoms with Crippen molar-refractivity contribution in [3.05, 3.63) is 35.4 Å². The molecule has 0 aliphatic heterocycles. The normalized spacial score (nSPS) is 23.9. The predicted molar refractivity (Wildman–Crippen MR) is 77.5 cm³/mol. The zero-order chi connectivity index (χ0) is 13.7. The largest absolute Gasteiger partial charge is 0.382 e. The number of hydrogen-bond donors (Lipinski definition) is 1. The van der Waals surface area contributed by atoms with E-state index in [2.05, 4.69) is 36.5 Å². The van der Waals surface area contributed by atoms with E-state index in [0.29, 0.717) is 18.6 Å². The summed E-state index contributed by atoms with van der Waals surface area (Å²) in [6, 6.07) is 9.23. The Kier molecular flexibility index (Phi) is 5.37. The van der Waals surface area contributed by atoms with Gasteiger partial charge in [-0.25, -0.2) is 0 Å².